The lowest BCUT2D eigenvalue weighted by atomic mass is 10.2. The molecule has 6 rings (SSSR count). The summed E-state index contributed by atoms with van der Waals surface area (Å²) in [5, 5.41) is 29.0. The number of nitrogens with one attached hydrogen (secondary N) is 3. The first-order valence-corrected chi connectivity index (χ1v) is 18.3. The Balaban J connectivity index is 0.000000223. The molecule has 0 unspecified atom stereocenters. The number of nitriles is 2. The molecule has 4 aromatic heterocycles. The number of nitrogens with zero attached hydrogens (tertiary/aromatic N) is 7. The fourth-order valence-corrected chi connectivity index (χ4v) is 5.36. The highest BCUT2D eigenvalue weighted by Crippen LogP contribution is 2.29. The first-order valence-electron chi connectivity index (χ1n) is 16.4. The van der Waals surface area contributed by atoms with Crippen LogP contribution in [0.3, 0.4) is 0 Å². The predicted molar refractivity (Wildman–Crippen MR) is 207 cm³/mol. The molecule has 2 aromatic carbocycles. The van der Waals surface area contributed by atoms with Gasteiger partial charge in [0.1, 0.15) is 22.6 Å². The maximum absolute atomic E-state index is 12.9. The van der Waals surface area contributed by atoms with Crippen molar-refractivity contribution < 1.29 is 35.8 Å². The van der Waals surface area contributed by atoms with E-state index in [2.05, 4.69) is 41.1 Å². The van der Waals surface area contributed by atoms with Crippen LogP contribution in [-0.4, -0.2) is 39.9 Å². The summed E-state index contributed by atoms with van der Waals surface area (Å²) in [5.74, 6) is 0.314. The maximum atomic E-state index is 12.9. The van der Waals surface area contributed by atoms with E-state index in [1.165, 1.54) is 49.6 Å². The van der Waals surface area contributed by atoms with E-state index in [0.717, 1.165) is 10.9 Å². The van der Waals surface area contributed by atoms with Gasteiger partial charge >= 0.3 is 12.4 Å². The van der Waals surface area contributed by atoms with Crippen LogP contribution in [0.5, 0.6) is 23.0 Å². The topological polar surface area (TPSA) is 238 Å². The number of halogens is 9. The lowest BCUT2D eigenvalue weighted by Crippen LogP contribution is -2.27. The number of ether oxygens (including phenoxy) is 2. The van der Waals surface area contributed by atoms with Gasteiger partial charge in [0.2, 0.25) is 11.5 Å². The van der Waals surface area contributed by atoms with Gasteiger partial charge in [-0.25, -0.2) is 20.2 Å². The van der Waals surface area contributed by atoms with Crippen LogP contribution >= 0.6 is 39.1 Å². The van der Waals surface area contributed by atoms with Crippen molar-refractivity contribution in [3.8, 4) is 35.1 Å². The van der Waals surface area contributed by atoms with Crippen LogP contribution < -0.4 is 31.7 Å². The molecule has 0 radical (unpaired) electrons. The molecule has 0 spiro atoms. The van der Waals surface area contributed by atoms with E-state index in [1.807, 2.05) is 12.1 Å². The molecule has 16 nitrogen and oxygen atoms in total. The van der Waals surface area contributed by atoms with E-state index < -0.39 is 46.7 Å². The summed E-state index contributed by atoms with van der Waals surface area (Å²) in [4.78, 5) is 56.7. The largest absolute Gasteiger partial charge is 0.450 e. The van der Waals surface area contributed by atoms with Gasteiger partial charge in [-0.15, -0.1) is 0 Å². The van der Waals surface area contributed by atoms with Gasteiger partial charge in [0.05, 0.1) is 65.2 Å². The Hall–Kier alpha value is -6.82. The second kappa shape index (κ2) is 20.0. The van der Waals surface area contributed by atoms with Crippen molar-refractivity contribution in [3.63, 3.8) is 0 Å². The zero-order chi connectivity index (χ0) is 45.2. The molecular weight excluding hydrogens is 933 g/mol. The van der Waals surface area contributed by atoms with Crippen molar-refractivity contribution in [2.75, 3.05) is 0 Å². The predicted octanol–water partition coefficient (Wildman–Crippen LogP) is 7.10. The number of hydrogen-bond acceptors (Lipinski definition) is 12. The van der Waals surface area contributed by atoms with Crippen LogP contribution in [0, 0.1) is 36.5 Å². The Morgan fingerprint density at radius 1 is 0.705 bits per heavy atom. The molecule has 6 aromatic rings. The van der Waals surface area contributed by atoms with Crippen molar-refractivity contribution in [1.29, 1.82) is 10.5 Å². The smallest absolute Gasteiger partial charge is 0.421 e. The minimum atomic E-state index is -4.87. The molecule has 4 heterocycles. The van der Waals surface area contributed by atoms with Gasteiger partial charge in [0, 0.05) is 15.4 Å². The number of aryl methyl sites for hydroxylation is 2. The van der Waals surface area contributed by atoms with Crippen molar-refractivity contribution >= 4 is 39.1 Å². The maximum Gasteiger partial charge on any atom is 0.421 e. The normalized spacial score (nSPS) is 10.9. The summed E-state index contributed by atoms with van der Waals surface area (Å²) < 4.78 is 87.0. The number of hydrogen-bond donors (Lipinski definition) is 3. The van der Waals surface area contributed by atoms with Gasteiger partial charge in [-0.1, -0.05) is 39.1 Å². The molecule has 0 amide bonds. The van der Waals surface area contributed by atoms with Crippen LogP contribution in [0.25, 0.3) is 0 Å². The van der Waals surface area contributed by atoms with Crippen LogP contribution in [0.1, 0.15) is 45.0 Å². The SMILES string of the molecule is Cc1nc[nH]c(=O)c1Oc1cc(Cl)cc(C#N)c1.Cc1ncn(Cc2cc(C(F)(F)F)c(=O)[nH]n2)c(=O)c1Oc1cc(Cl)cc(C#N)c1.O=c1[nH]nc(CBr)cc1C(F)(F)F. The van der Waals surface area contributed by atoms with E-state index in [1.54, 1.807) is 17.1 Å². The summed E-state index contributed by atoms with van der Waals surface area (Å²) in [7, 11) is 0. The summed E-state index contributed by atoms with van der Waals surface area (Å²) in [6, 6.07) is 13.8. The molecule has 0 aliphatic carbocycles. The zero-order valence-corrected chi connectivity index (χ0v) is 33.8. The van der Waals surface area contributed by atoms with Gasteiger partial charge < -0.3 is 14.5 Å². The lowest BCUT2D eigenvalue weighted by molar-refractivity contribution is -0.139. The van der Waals surface area contributed by atoms with Gasteiger partial charge in [-0.2, -0.15) is 47.1 Å². The molecule has 25 heteroatoms. The molecule has 61 heavy (non-hydrogen) atoms. The fourth-order valence-electron chi connectivity index (χ4n) is 4.63. The van der Waals surface area contributed by atoms with E-state index in [-0.39, 0.29) is 55.8 Å². The standard InChI is InChI=1S/C18H11ClF3N5O3.C12H8ClN3O2.C6H4BrF3N2O/c1-9-15(30-13-3-10(6-23)2-11(19)4-13)17(29)27(8-24-9)7-12-5-14(18(20,21)22)16(28)26-25-12;1-7-11(12(17)16-6-15-7)18-10-3-8(5-14)2-9(13)4-10;7-2-3-1-4(6(8,9)10)5(13)12-11-3/h2-5,8H,7H2,1H3,(H,26,28);2-4,6H,1H3,(H,15,16,17);1H,2H2,(H,12,13). The summed E-state index contributed by atoms with van der Waals surface area (Å²) in [6.45, 7) is 2.75. The second-order valence-electron chi connectivity index (χ2n) is 11.9. The van der Waals surface area contributed by atoms with Crippen molar-refractivity contribution in [2.45, 2.75) is 38.1 Å². The fraction of sp³-hybridized carbons (Fsp3) is 0.167. The van der Waals surface area contributed by atoms with Gasteiger partial charge in [-0.3, -0.25) is 23.7 Å². The number of aromatic nitrogens is 8. The third kappa shape index (κ3) is 12.8. The molecule has 0 fully saturated rings. The number of aromatic amines is 3. The first-order chi connectivity index (χ1) is 28.6. The Bertz CT molecular complexity index is 2910. The summed E-state index contributed by atoms with van der Waals surface area (Å²) in [5.41, 5.74) is -5.22. The van der Waals surface area contributed by atoms with Crippen LogP contribution in [-0.2, 0) is 24.2 Å². The number of rotatable bonds is 7. The van der Waals surface area contributed by atoms with Crippen molar-refractivity contribution in [2.24, 2.45) is 0 Å². The first kappa shape index (κ1) is 46.9. The van der Waals surface area contributed by atoms with Gasteiger partial charge in [-0.05, 0) is 62.4 Å². The monoisotopic (exact) mass is 954 g/mol. The summed E-state index contributed by atoms with van der Waals surface area (Å²) >= 11 is 14.7. The number of alkyl halides is 7. The quantitative estimate of drug-likeness (QED) is 0.107. The van der Waals surface area contributed by atoms with Crippen LogP contribution in [0.2, 0.25) is 10.0 Å². The zero-order valence-electron chi connectivity index (χ0n) is 30.7. The van der Waals surface area contributed by atoms with Crippen LogP contribution in [0.4, 0.5) is 26.3 Å². The molecule has 316 valence electrons. The molecule has 0 saturated carbocycles. The van der Waals surface area contributed by atoms with Gasteiger partial charge in [0.25, 0.3) is 22.2 Å². The lowest BCUT2D eigenvalue weighted by Gasteiger charge is -2.12. The average molecular weight is 956 g/mol. The van der Waals surface area contributed by atoms with E-state index in [0.29, 0.717) is 34.2 Å². The highest BCUT2D eigenvalue weighted by molar-refractivity contribution is 9.08. The Labute approximate surface area is 355 Å². The molecule has 3 N–H and O–H groups in total. The minimum Gasteiger partial charge on any atom is -0.450 e. The van der Waals surface area contributed by atoms with E-state index in [4.69, 9.17) is 43.2 Å². The number of benzene rings is 2. The second-order valence-corrected chi connectivity index (χ2v) is 13.3. The molecule has 0 aliphatic rings. The van der Waals surface area contributed by atoms with Crippen LogP contribution in [0.15, 0.2) is 80.4 Å². The van der Waals surface area contributed by atoms with Gasteiger partial charge in [0.15, 0.2) is 0 Å². The molecule has 0 saturated heterocycles. The third-order valence-corrected chi connectivity index (χ3v) is 8.41. The third-order valence-electron chi connectivity index (χ3n) is 7.40. The van der Waals surface area contributed by atoms with E-state index >= 15 is 0 Å². The summed E-state index contributed by atoms with van der Waals surface area (Å²) in [6.07, 6.45) is -7.10. The molecule has 0 aliphatic heterocycles. The highest BCUT2D eigenvalue weighted by Gasteiger charge is 2.35. The van der Waals surface area contributed by atoms with Crippen molar-refractivity contribution in [1.82, 2.24) is 39.9 Å². The molecule has 0 bridgehead atoms. The highest BCUT2D eigenvalue weighted by atomic mass is 79.9. The van der Waals surface area contributed by atoms with E-state index in [9.17, 15) is 45.5 Å². The Morgan fingerprint density at radius 3 is 1.66 bits per heavy atom. The molecule has 0 atom stereocenters. The van der Waals surface area contributed by atoms with Crippen molar-refractivity contribution in [3.05, 3.63) is 158 Å². The number of H-pyrrole nitrogens is 3. The Kier molecular flexibility index (Phi) is 15.3. The molecular formula is C36H23BrCl2F6N10O6. The minimum absolute atomic E-state index is 0.0867. The average Bonchev–Trinajstić information content (AvgIpc) is 3.19. The Morgan fingerprint density at radius 2 is 1.18 bits per heavy atom.